The molecule has 2 fully saturated rings. The minimum absolute atomic E-state index is 0. The second-order valence-electron chi connectivity index (χ2n) is 5.93. The van der Waals surface area contributed by atoms with E-state index in [0.29, 0.717) is 18.7 Å². The summed E-state index contributed by atoms with van der Waals surface area (Å²) < 4.78 is 5.14. The van der Waals surface area contributed by atoms with Gasteiger partial charge in [-0.3, -0.25) is 4.79 Å². The van der Waals surface area contributed by atoms with Gasteiger partial charge in [-0.1, -0.05) is 6.42 Å². The van der Waals surface area contributed by atoms with Gasteiger partial charge in [0.15, 0.2) is 0 Å². The SMILES string of the molecule is COCCC1(C(=O)NC2CCNC(C)C2)CCC1.Cl. The van der Waals surface area contributed by atoms with Gasteiger partial charge in [-0.05, 0) is 45.6 Å². The van der Waals surface area contributed by atoms with Crippen LogP contribution in [-0.2, 0) is 9.53 Å². The Labute approximate surface area is 122 Å². The highest BCUT2D eigenvalue weighted by Crippen LogP contribution is 2.44. The smallest absolute Gasteiger partial charge is 0.226 e. The highest BCUT2D eigenvalue weighted by atomic mass is 35.5. The van der Waals surface area contributed by atoms with E-state index in [4.69, 9.17) is 4.74 Å². The van der Waals surface area contributed by atoms with Crippen LogP contribution < -0.4 is 10.6 Å². The molecule has 2 unspecified atom stereocenters. The molecule has 2 N–H and O–H groups in total. The Balaban J connectivity index is 0.00000180. The van der Waals surface area contributed by atoms with E-state index in [0.717, 1.165) is 38.6 Å². The van der Waals surface area contributed by atoms with Gasteiger partial charge in [0.2, 0.25) is 5.91 Å². The number of rotatable bonds is 5. The minimum Gasteiger partial charge on any atom is -0.385 e. The summed E-state index contributed by atoms with van der Waals surface area (Å²) >= 11 is 0. The molecule has 0 radical (unpaired) electrons. The van der Waals surface area contributed by atoms with Crippen molar-refractivity contribution in [2.45, 2.75) is 57.5 Å². The molecule has 0 aromatic rings. The highest BCUT2D eigenvalue weighted by molar-refractivity contribution is 5.85. The molecule has 0 aromatic heterocycles. The van der Waals surface area contributed by atoms with Crippen molar-refractivity contribution >= 4 is 18.3 Å². The zero-order valence-electron chi connectivity index (χ0n) is 12.0. The zero-order valence-corrected chi connectivity index (χ0v) is 12.9. The third kappa shape index (κ3) is 4.07. The Morgan fingerprint density at radius 1 is 1.47 bits per heavy atom. The molecule has 0 spiro atoms. The number of ether oxygens (including phenoxy) is 1. The number of amides is 1. The fourth-order valence-corrected chi connectivity index (χ4v) is 3.09. The number of carbonyl (C=O) groups excluding carboxylic acids is 1. The van der Waals surface area contributed by atoms with E-state index in [-0.39, 0.29) is 23.7 Å². The number of piperidine rings is 1. The Hall–Kier alpha value is -0.320. The van der Waals surface area contributed by atoms with E-state index in [1.165, 1.54) is 6.42 Å². The van der Waals surface area contributed by atoms with Gasteiger partial charge in [-0.25, -0.2) is 0 Å². The maximum absolute atomic E-state index is 12.4. The number of nitrogens with one attached hydrogen (secondary N) is 2. The first kappa shape index (κ1) is 16.7. The van der Waals surface area contributed by atoms with Crippen molar-refractivity contribution in [3.63, 3.8) is 0 Å². The highest BCUT2D eigenvalue weighted by Gasteiger charge is 2.44. The van der Waals surface area contributed by atoms with Crippen molar-refractivity contribution in [3.05, 3.63) is 0 Å². The fourth-order valence-electron chi connectivity index (χ4n) is 3.09. The van der Waals surface area contributed by atoms with Crippen molar-refractivity contribution in [2.24, 2.45) is 5.41 Å². The first-order valence-corrected chi connectivity index (χ1v) is 7.19. The molecule has 1 amide bonds. The van der Waals surface area contributed by atoms with Gasteiger partial charge in [-0.15, -0.1) is 12.4 Å². The summed E-state index contributed by atoms with van der Waals surface area (Å²) in [5.74, 6) is 0.268. The third-order valence-electron chi connectivity index (χ3n) is 4.54. The van der Waals surface area contributed by atoms with Crippen molar-refractivity contribution < 1.29 is 9.53 Å². The summed E-state index contributed by atoms with van der Waals surface area (Å²) in [5.41, 5.74) is -0.121. The molecule has 19 heavy (non-hydrogen) atoms. The lowest BCUT2D eigenvalue weighted by Crippen LogP contribution is -2.53. The Morgan fingerprint density at radius 2 is 2.21 bits per heavy atom. The molecule has 0 aromatic carbocycles. The molecule has 2 rings (SSSR count). The number of carbonyl (C=O) groups is 1. The quantitative estimate of drug-likeness (QED) is 0.813. The Bertz CT molecular complexity index is 295. The molecule has 2 aliphatic rings. The average Bonchev–Trinajstić information content (AvgIpc) is 2.27. The number of methoxy groups -OCH3 is 1. The van der Waals surface area contributed by atoms with Gasteiger partial charge < -0.3 is 15.4 Å². The van der Waals surface area contributed by atoms with Gasteiger partial charge >= 0.3 is 0 Å². The van der Waals surface area contributed by atoms with Crippen LogP contribution in [0.5, 0.6) is 0 Å². The molecule has 1 heterocycles. The predicted molar refractivity (Wildman–Crippen MR) is 78.7 cm³/mol. The van der Waals surface area contributed by atoms with E-state index in [1.807, 2.05) is 0 Å². The van der Waals surface area contributed by atoms with Crippen LogP contribution in [0.3, 0.4) is 0 Å². The van der Waals surface area contributed by atoms with E-state index >= 15 is 0 Å². The van der Waals surface area contributed by atoms with E-state index in [9.17, 15) is 4.79 Å². The molecule has 1 saturated carbocycles. The predicted octanol–water partition coefficient (Wildman–Crippen LogP) is 1.87. The average molecular weight is 291 g/mol. The second kappa shape index (κ2) is 7.46. The number of hydrogen-bond donors (Lipinski definition) is 2. The topological polar surface area (TPSA) is 50.4 Å². The third-order valence-corrected chi connectivity index (χ3v) is 4.54. The number of halogens is 1. The van der Waals surface area contributed by atoms with Gasteiger partial charge in [0.05, 0.1) is 5.41 Å². The monoisotopic (exact) mass is 290 g/mol. The lowest BCUT2D eigenvalue weighted by Gasteiger charge is -2.42. The van der Waals surface area contributed by atoms with E-state index in [1.54, 1.807) is 7.11 Å². The summed E-state index contributed by atoms with van der Waals surface area (Å²) in [5, 5.41) is 6.68. The normalized spacial score (nSPS) is 28.9. The van der Waals surface area contributed by atoms with Crippen LogP contribution in [0.1, 0.15) is 45.4 Å². The molecule has 5 heteroatoms. The van der Waals surface area contributed by atoms with E-state index < -0.39 is 0 Å². The zero-order chi connectivity index (χ0) is 13.0. The van der Waals surface area contributed by atoms with Crippen LogP contribution in [0, 0.1) is 5.41 Å². The van der Waals surface area contributed by atoms with Crippen LogP contribution in [0.25, 0.3) is 0 Å². The van der Waals surface area contributed by atoms with Crippen molar-refractivity contribution in [1.29, 1.82) is 0 Å². The molecule has 1 saturated heterocycles. The van der Waals surface area contributed by atoms with Gasteiger partial charge in [0.1, 0.15) is 0 Å². The lowest BCUT2D eigenvalue weighted by atomic mass is 9.66. The second-order valence-corrected chi connectivity index (χ2v) is 5.93. The van der Waals surface area contributed by atoms with Gasteiger partial charge in [0, 0.05) is 25.8 Å². The molecular formula is C14H27ClN2O2. The van der Waals surface area contributed by atoms with Crippen LogP contribution in [0.2, 0.25) is 0 Å². The van der Waals surface area contributed by atoms with Gasteiger partial charge in [0.25, 0.3) is 0 Å². The maximum Gasteiger partial charge on any atom is 0.226 e. The summed E-state index contributed by atoms with van der Waals surface area (Å²) in [6, 6.07) is 0.870. The molecule has 0 bridgehead atoms. The minimum atomic E-state index is -0.121. The van der Waals surface area contributed by atoms with Crippen molar-refractivity contribution in [3.8, 4) is 0 Å². The molecule has 4 nitrogen and oxygen atoms in total. The first-order valence-electron chi connectivity index (χ1n) is 7.19. The van der Waals surface area contributed by atoms with Gasteiger partial charge in [-0.2, -0.15) is 0 Å². The molecule has 112 valence electrons. The van der Waals surface area contributed by atoms with Crippen LogP contribution in [0.4, 0.5) is 0 Å². The molecule has 2 atom stereocenters. The maximum atomic E-state index is 12.4. The molecule has 1 aliphatic carbocycles. The van der Waals surface area contributed by atoms with Crippen LogP contribution >= 0.6 is 12.4 Å². The Morgan fingerprint density at radius 3 is 2.74 bits per heavy atom. The summed E-state index contributed by atoms with van der Waals surface area (Å²) in [7, 11) is 1.71. The fraction of sp³-hybridized carbons (Fsp3) is 0.929. The summed E-state index contributed by atoms with van der Waals surface area (Å²) in [6.45, 7) is 3.88. The standard InChI is InChI=1S/C14H26N2O2.ClH/c1-11-10-12(4-8-15-11)16-13(17)14(5-3-6-14)7-9-18-2;/h11-12,15H,3-10H2,1-2H3,(H,16,17);1H. The largest absolute Gasteiger partial charge is 0.385 e. The van der Waals surface area contributed by atoms with Crippen LogP contribution in [-0.4, -0.2) is 38.3 Å². The summed E-state index contributed by atoms with van der Waals surface area (Å²) in [4.78, 5) is 12.4. The molecular weight excluding hydrogens is 264 g/mol. The van der Waals surface area contributed by atoms with E-state index in [2.05, 4.69) is 17.6 Å². The Kier molecular flexibility index (Phi) is 6.57. The first-order chi connectivity index (χ1) is 8.66. The number of hydrogen-bond acceptors (Lipinski definition) is 3. The van der Waals surface area contributed by atoms with Crippen molar-refractivity contribution in [1.82, 2.24) is 10.6 Å². The summed E-state index contributed by atoms with van der Waals surface area (Å²) in [6.07, 6.45) is 6.21. The lowest BCUT2D eigenvalue weighted by molar-refractivity contribution is -0.138. The van der Waals surface area contributed by atoms with Crippen molar-refractivity contribution in [2.75, 3.05) is 20.3 Å². The molecule has 1 aliphatic heterocycles. The van der Waals surface area contributed by atoms with Crippen LogP contribution in [0.15, 0.2) is 0 Å².